The van der Waals surface area contributed by atoms with E-state index in [0.717, 1.165) is 16.5 Å². The van der Waals surface area contributed by atoms with E-state index in [9.17, 15) is 9.90 Å². The Labute approximate surface area is 139 Å². The van der Waals surface area contributed by atoms with Crippen molar-refractivity contribution in [3.8, 4) is 0 Å². The zero-order valence-corrected chi connectivity index (χ0v) is 13.2. The molecular formula is C18H17ClN2O2. The van der Waals surface area contributed by atoms with Crippen LogP contribution in [0.25, 0.3) is 10.9 Å². The van der Waals surface area contributed by atoms with Gasteiger partial charge in [-0.15, -0.1) is 0 Å². The Kier molecular flexibility index (Phi) is 4.65. The van der Waals surface area contributed by atoms with Crippen LogP contribution in [-0.4, -0.2) is 22.1 Å². The fourth-order valence-corrected chi connectivity index (χ4v) is 2.68. The number of nitrogens with zero attached hydrogens (tertiary/aromatic N) is 1. The molecule has 2 N–H and O–H groups in total. The number of aromatic nitrogens is 1. The van der Waals surface area contributed by atoms with Crippen LogP contribution in [0.5, 0.6) is 0 Å². The van der Waals surface area contributed by atoms with Gasteiger partial charge in [0.15, 0.2) is 0 Å². The Morgan fingerprint density at radius 1 is 1.17 bits per heavy atom. The maximum absolute atomic E-state index is 12.1. The van der Waals surface area contributed by atoms with Gasteiger partial charge >= 0.3 is 0 Å². The molecule has 0 saturated carbocycles. The number of aliphatic hydroxyl groups is 1. The molecule has 3 aromatic rings. The highest BCUT2D eigenvalue weighted by molar-refractivity contribution is 6.31. The molecule has 0 unspecified atom stereocenters. The molecule has 5 heteroatoms. The summed E-state index contributed by atoms with van der Waals surface area (Å²) in [5.41, 5.74) is 1.70. The normalized spacial score (nSPS) is 12.3. The molecule has 3 rings (SSSR count). The van der Waals surface area contributed by atoms with Gasteiger partial charge in [0, 0.05) is 23.3 Å². The number of aliphatic hydroxyl groups excluding tert-OH is 1. The fraction of sp³-hybridized carbons (Fsp3) is 0.167. The maximum atomic E-state index is 12.1. The molecule has 118 valence electrons. The van der Waals surface area contributed by atoms with E-state index < -0.39 is 6.10 Å². The first-order valence-electron chi connectivity index (χ1n) is 7.37. The van der Waals surface area contributed by atoms with Crippen LogP contribution in [0.4, 0.5) is 0 Å². The quantitative estimate of drug-likeness (QED) is 0.756. The van der Waals surface area contributed by atoms with Gasteiger partial charge in [-0.3, -0.25) is 4.79 Å². The standard InChI is InChI=1S/C18H17ClN2O2/c19-15-7-6-13-8-9-21(16(13)10-15)12-18(23)20-11-17(22)14-4-2-1-3-5-14/h1-10,17,22H,11-12H2,(H,20,23)/t17-/m0/s1. The largest absolute Gasteiger partial charge is 0.387 e. The fourth-order valence-electron chi connectivity index (χ4n) is 2.51. The van der Waals surface area contributed by atoms with E-state index in [2.05, 4.69) is 5.32 Å². The molecule has 0 aliphatic rings. The van der Waals surface area contributed by atoms with Gasteiger partial charge in [0.25, 0.3) is 0 Å². The molecule has 0 radical (unpaired) electrons. The molecule has 23 heavy (non-hydrogen) atoms. The Balaban J connectivity index is 1.62. The van der Waals surface area contributed by atoms with Crippen LogP contribution in [0, 0.1) is 0 Å². The van der Waals surface area contributed by atoms with Crippen molar-refractivity contribution in [3.63, 3.8) is 0 Å². The van der Waals surface area contributed by atoms with E-state index in [-0.39, 0.29) is 19.0 Å². The van der Waals surface area contributed by atoms with Crippen molar-refractivity contribution in [2.24, 2.45) is 0 Å². The lowest BCUT2D eigenvalue weighted by atomic mass is 10.1. The van der Waals surface area contributed by atoms with Gasteiger partial charge in [0.1, 0.15) is 6.54 Å². The molecule has 2 aromatic carbocycles. The first kappa shape index (κ1) is 15.6. The molecule has 1 amide bonds. The molecule has 1 heterocycles. The van der Waals surface area contributed by atoms with Crippen LogP contribution >= 0.6 is 11.6 Å². The molecule has 0 aliphatic heterocycles. The lowest BCUT2D eigenvalue weighted by Crippen LogP contribution is -2.31. The second-order valence-electron chi connectivity index (χ2n) is 5.38. The summed E-state index contributed by atoms with van der Waals surface area (Å²) in [5.74, 6) is -0.155. The number of hydrogen-bond donors (Lipinski definition) is 2. The SMILES string of the molecule is O=C(Cn1ccc2ccc(Cl)cc21)NC[C@H](O)c1ccccc1. The molecule has 0 bridgehead atoms. The summed E-state index contributed by atoms with van der Waals surface area (Å²) < 4.78 is 1.84. The summed E-state index contributed by atoms with van der Waals surface area (Å²) in [7, 11) is 0. The zero-order chi connectivity index (χ0) is 16.2. The molecule has 4 nitrogen and oxygen atoms in total. The van der Waals surface area contributed by atoms with Crippen LogP contribution in [-0.2, 0) is 11.3 Å². The number of amides is 1. The van der Waals surface area contributed by atoms with Gasteiger partial charge in [-0.05, 0) is 29.1 Å². The lowest BCUT2D eigenvalue weighted by Gasteiger charge is -2.13. The minimum atomic E-state index is -0.712. The van der Waals surface area contributed by atoms with Gasteiger partial charge in [0.05, 0.1) is 6.10 Å². The maximum Gasteiger partial charge on any atom is 0.240 e. The third-order valence-corrected chi connectivity index (χ3v) is 3.96. The Morgan fingerprint density at radius 3 is 2.74 bits per heavy atom. The molecule has 0 fully saturated rings. The van der Waals surface area contributed by atoms with Crippen molar-refractivity contribution < 1.29 is 9.90 Å². The molecule has 1 atom stereocenters. The molecule has 0 saturated heterocycles. The van der Waals surface area contributed by atoms with Crippen molar-refractivity contribution in [2.45, 2.75) is 12.6 Å². The lowest BCUT2D eigenvalue weighted by molar-refractivity contribution is -0.122. The van der Waals surface area contributed by atoms with Crippen LogP contribution in [0.2, 0.25) is 5.02 Å². The number of rotatable bonds is 5. The minimum Gasteiger partial charge on any atom is -0.387 e. The van der Waals surface area contributed by atoms with E-state index in [0.29, 0.717) is 5.02 Å². The van der Waals surface area contributed by atoms with Gasteiger partial charge in [0.2, 0.25) is 5.91 Å². The number of fused-ring (bicyclic) bond motifs is 1. The van der Waals surface area contributed by atoms with Crippen molar-refractivity contribution >= 4 is 28.4 Å². The topological polar surface area (TPSA) is 54.3 Å². The van der Waals surface area contributed by atoms with Crippen molar-refractivity contribution in [3.05, 3.63) is 71.4 Å². The highest BCUT2D eigenvalue weighted by Gasteiger charge is 2.10. The summed E-state index contributed by atoms with van der Waals surface area (Å²) in [4.78, 5) is 12.1. The average molecular weight is 329 g/mol. The second-order valence-corrected chi connectivity index (χ2v) is 5.81. The zero-order valence-electron chi connectivity index (χ0n) is 12.4. The summed E-state index contributed by atoms with van der Waals surface area (Å²) >= 11 is 6.01. The number of halogens is 1. The highest BCUT2D eigenvalue weighted by atomic mass is 35.5. The van der Waals surface area contributed by atoms with Crippen molar-refractivity contribution in [1.82, 2.24) is 9.88 Å². The van der Waals surface area contributed by atoms with Crippen molar-refractivity contribution in [1.29, 1.82) is 0 Å². The number of carbonyl (C=O) groups is 1. The first-order valence-corrected chi connectivity index (χ1v) is 7.75. The van der Waals surface area contributed by atoms with Crippen LogP contribution in [0.1, 0.15) is 11.7 Å². The van der Waals surface area contributed by atoms with E-state index in [1.807, 2.05) is 65.4 Å². The third kappa shape index (κ3) is 3.73. The number of nitrogens with one attached hydrogen (secondary N) is 1. The summed E-state index contributed by atoms with van der Waals surface area (Å²) in [5, 5.41) is 14.5. The predicted molar refractivity (Wildman–Crippen MR) is 91.4 cm³/mol. The molecule has 0 spiro atoms. The van der Waals surface area contributed by atoms with E-state index >= 15 is 0 Å². The number of hydrogen-bond acceptors (Lipinski definition) is 2. The first-order chi connectivity index (χ1) is 11.1. The van der Waals surface area contributed by atoms with E-state index in [1.165, 1.54) is 0 Å². The predicted octanol–water partition coefficient (Wildman–Crippen LogP) is 3.14. The molecular weight excluding hydrogens is 312 g/mol. The summed E-state index contributed by atoms with van der Waals surface area (Å²) in [6.07, 6.45) is 1.14. The van der Waals surface area contributed by atoms with Crippen LogP contribution in [0.3, 0.4) is 0 Å². The van der Waals surface area contributed by atoms with Crippen molar-refractivity contribution in [2.75, 3.05) is 6.54 Å². The molecule has 0 aliphatic carbocycles. The number of benzene rings is 2. The monoisotopic (exact) mass is 328 g/mol. The second kappa shape index (κ2) is 6.86. The van der Waals surface area contributed by atoms with Gasteiger partial charge in [-0.1, -0.05) is 48.0 Å². The van der Waals surface area contributed by atoms with Gasteiger partial charge in [-0.2, -0.15) is 0 Å². The Bertz CT molecular complexity index is 814. The smallest absolute Gasteiger partial charge is 0.240 e. The Hall–Kier alpha value is -2.30. The Morgan fingerprint density at radius 2 is 1.96 bits per heavy atom. The summed E-state index contributed by atoms with van der Waals surface area (Å²) in [6, 6.07) is 16.8. The highest BCUT2D eigenvalue weighted by Crippen LogP contribution is 2.20. The summed E-state index contributed by atoms with van der Waals surface area (Å²) in [6.45, 7) is 0.369. The molecule has 1 aromatic heterocycles. The minimum absolute atomic E-state index is 0.155. The van der Waals surface area contributed by atoms with E-state index in [4.69, 9.17) is 11.6 Å². The van der Waals surface area contributed by atoms with Crippen LogP contribution in [0.15, 0.2) is 60.8 Å². The average Bonchev–Trinajstić information content (AvgIpc) is 2.95. The van der Waals surface area contributed by atoms with Gasteiger partial charge in [-0.25, -0.2) is 0 Å². The van der Waals surface area contributed by atoms with Gasteiger partial charge < -0.3 is 15.0 Å². The number of carbonyl (C=O) groups excluding carboxylic acids is 1. The van der Waals surface area contributed by atoms with E-state index in [1.54, 1.807) is 0 Å². The van der Waals surface area contributed by atoms with Crippen LogP contribution < -0.4 is 5.32 Å². The third-order valence-electron chi connectivity index (χ3n) is 3.73.